The number of hydrogen-bond acceptors (Lipinski definition) is 5. The second-order valence-corrected chi connectivity index (χ2v) is 5.67. The lowest BCUT2D eigenvalue weighted by Crippen LogP contribution is -2.31. The van der Waals surface area contributed by atoms with Crippen LogP contribution < -0.4 is 0 Å². The summed E-state index contributed by atoms with van der Waals surface area (Å²) in [5.74, 6) is -1.60. The predicted octanol–water partition coefficient (Wildman–Crippen LogP) is 3.42. The maximum atomic E-state index is 12.0. The van der Waals surface area contributed by atoms with Crippen LogP contribution in [0.5, 0.6) is 0 Å². The van der Waals surface area contributed by atoms with Gasteiger partial charge in [0.05, 0.1) is 17.9 Å². The van der Waals surface area contributed by atoms with E-state index in [0.29, 0.717) is 10.2 Å². The molecule has 0 bridgehead atoms. The highest BCUT2D eigenvalue weighted by Gasteiger charge is 2.26. The van der Waals surface area contributed by atoms with Crippen molar-refractivity contribution in [3.05, 3.63) is 28.7 Å². The van der Waals surface area contributed by atoms with Gasteiger partial charge in [-0.15, -0.1) is 0 Å². The van der Waals surface area contributed by atoms with E-state index in [9.17, 15) is 9.59 Å². The fraction of sp³-hybridized carbons (Fsp3) is 0.400. The van der Waals surface area contributed by atoms with Gasteiger partial charge >= 0.3 is 11.9 Å². The fourth-order valence-electron chi connectivity index (χ4n) is 1.38. The van der Waals surface area contributed by atoms with Crippen molar-refractivity contribution in [1.29, 1.82) is 0 Å². The third-order valence-corrected chi connectivity index (χ3v) is 2.83. The van der Waals surface area contributed by atoms with Crippen molar-refractivity contribution in [2.45, 2.75) is 39.9 Å². The number of rotatable bonds is 5. The van der Waals surface area contributed by atoms with Crippen LogP contribution in [0.4, 0.5) is 5.69 Å². The Bertz CT molecular complexity index is 528. The van der Waals surface area contributed by atoms with Gasteiger partial charge in [-0.2, -0.15) is 0 Å². The van der Waals surface area contributed by atoms with E-state index in [0.717, 1.165) is 0 Å². The Morgan fingerprint density at radius 3 is 1.90 bits per heavy atom. The van der Waals surface area contributed by atoms with Gasteiger partial charge in [-0.25, -0.2) is 14.6 Å². The van der Waals surface area contributed by atoms with E-state index < -0.39 is 11.9 Å². The number of halogens is 1. The lowest BCUT2D eigenvalue weighted by molar-refractivity contribution is -0.144. The molecule has 0 radical (unpaired) electrons. The lowest BCUT2D eigenvalue weighted by atomic mass is 10.3. The number of benzene rings is 1. The van der Waals surface area contributed by atoms with Crippen molar-refractivity contribution in [3.63, 3.8) is 0 Å². The third kappa shape index (κ3) is 5.67. The molecule has 1 aromatic carbocycles. The summed E-state index contributed by atoms with van der Waals surface area (Å²) < 4.78 is 10.7. The molecule has 0 amide bonds. The Morgan fingerprint density at radius 2 is 1.48 bits per heavy atom. The number of esters is 2. The normalized spacial score (nSPS) is 10.4. The summed E-state index contributed by atoms with van der Waals surface area (Å²) in [5.41, 5.74) is 0.0817. The van der Waals surface area contributed by atoms with Gasteiger partial charge in [-0.3, -0.25) is 0 Å². The second-order valence-electron chi connectivity index (χ2n) is 4.82. The van der Waals surface area contributed by atoms with Gasteiger partial charge in [0.1, 0.15) is 0 Å². The molecular formula is C15H18BrNO4. The summed E-state index contributed by atoms with van der Waals surface area (Å²) in [6.45, 7) is 6.78. The molecule has 0 heterocycles. The van der Waals surface area contributed by atoms with E-state index in [1.807, 2.05) is 6.07 Å². The summed E-state index contributed by atoms with van der Waals surface area (Å²) in [6.07, 6.45) is -0.706. The lowest BCUT2D eigenvalue weighted by Gasteiger charge is -2.12. The topological polar surface area (TPSA) is 65.0 Å². The zero-order valence-electron chi connectivity index (χ0n) is 12.4. The molecule has 6 heteroatoms. The number of para-hydroxylation sites is 1. The molecule has 0 aliphatic rings. The van der Waals surface area contributed by atoms with Crippen LogP contribution in [0.2, 0.25) is 0 Å². The maximum absolute atomic E-state index is 12.0. The molecule has 0 aromatic heterocycles. The number of ether oxygens (including phenoxy) is 2. The van der Waals surface area contributed by atoms with Crippen LogP contribution in [0.3, 0.4) is 0 Å². The second kappa shape index (κ2) is 7.93. The Morgan fingerprint density at radius 1 is 1.00 bits per heavy atom. The van der Waals surface area contributed by atoms with E-state index in [1.165, 1.54) is 0 Å². The summed E-state index contributed by atoms with van der Waals surface area (Å²) in [5, 5.41) is 0. The van der Waals surface area contributed by atoms with Crippen LogP contribution in [0, 0.1) is 0 Å². The molecule has 0 fully saturated rings. The van der Waals surface area contributed by atoms with Gasteiger partial charge in [-0.1, -0.05) is 12.1 Å². The number of aliphatic imine (C=N–C) groups is 1. The molecule has 114 valence electrons. The quantitative estimate of drug-likeness (QED) is 0.461. The number of carbonyl (C=O) groups is 2. The van der Waals surface area contributed by atoms with Crippen LogP contribution in [-0.4, -0.2) is 29.9 Å². The number of hydrogen-bond donors (Lipinski definition) is 0. The number of nitrogens with zero attached hydrogens (tertiary/aromatic N) is 1. The van der Waals surface area contributed by atoms with Crippen molar-refractivity contribution in [2.24, 2.45) is 4.99 Å². The van der Waals surface area contributed by atoms with Crippen LogP contribution in [0.15, 0.2) is 33.7 Å². The molecule has 0 N–H and O–H groups in total. The minimum Gasteiger partial charge on any atom is -0.458 e. The van der Waals surface area contributed by atoms with Crippen molar-refractivity contribution in [1.82, 2.24) is 0 Å². The Hall–Kier alpha value is -1.69. The molecule has 5 nitrogen and oxygen atoms in total. The molecular weight excluding hydrogens is 338 g/mol. The monoisotopic (exact) mass is 355 g/mol. The zero-order valence-corrected chi connectivity index (χ0v) is 14.0. The minimum atomic E-state index is -0.800. The van der Waals surface area contributed by atoms with Gasteiger partial charge in [0.15, 0.2) is 0 Å². The smallest absolute Gasteiger partial charge is 0.364 e. The number of carbonyl (C=O) groups excluding carboxylic acids is 2. The Labute approximate surface area is 132 Å². The molecule has 0 aliphatic heterocycles. The average Bonchev–Trinajstić information content (AvgIpc) is 2.35. The fourth-order valence-corrected chi connectivity index (χ4v) is 1.75. The summed E-state index contributed by atoms with van der Waals surface area (Å²) in [4.78, 5) is 28.1. The molecule has 1 aromatic rings. The third-order valence-electron chi connectivity index (χ3n) is 2.16. The molecule has 21 heavy (non-hydrogen) atoms. The van der Waals surface area contributed by atoms with Crippen LogP contribution >= 0.6 is 15.9 Å². The summed E-state index contributed by atoms with van der Waals surface area (Å²) in [6, 6.07) is 7.00. The molecule has 0 spiro atoms. The van der Waals surface area contributed by atoms with E-state index in [2.05, 4.69) is 20.9 Å². The van der Waals surface area contributed by atoms with Crippen LogP contribution in [0.1, 0.15) is 27.7 Å². The molecule has 0 unspecified atom stereocenters. The van der Waals surface area contributed by atoms with Gasteiger partial charge in [0, 0.05) is 4.47 Å². The molecule has 0 saturated carbocycles. The largest absolute Gasteiger partial charge is 0.458 e. The summed E-state index contributed by atoms with van der Waals surface area (Å²) in [7, 11) is 0. The average molecular weight is 356 g/mol. The van der Waals surface area contributed by atoms with Crippen LogP contribution in [0.25, 0.3) is 0 Å². The van der Waals surface area contributed by atoms with Crippen LogP contribution in [-0.2, 0) is 19.1 Å². The first-order valence-electron chi connectivity index (χ1n) is 6.56. The molecule has 0 aliphatic carbocycles. The van der Waals surface area contributed by atoms with E-state index in [4.69, 9.17) is 9.47 Å². The standard InChI is InChI=1S/C15H18BrNO4/c1-9(2)20-14(18)13(15(19)21-10(3)4)17-12-8-6-5-7-11(12)16/h5-10H,1-4H3. The summed E-state index contributed by atoms with van der Waals surface area (Å²) >= 11 is 3.31. The first-order valence-corrected chi connectivity index (χ1v) is 7.35. The van der Waals surface area contributed by atoms with E-state index in [-0.39, 0.29) is 17.9 Å². The van der Waals surface area contributed by atoms with Crippen molar-refractivity contribution in [2.75, 3.05) is 0 Å². The van der Waals surface area contributed by atoms with Crippen molar-refractivity contribution >= 4 is 39.3 Å². The minimum absolute atomic E-state index is 0.353. The highest BCUT2D eigenvalue weighted by molar-refractivity contribution is 9.10. The molecule has 0 saturated heterocycles. The van der Waals surface area contributed by atoms with Crippen molar-refractivity contribution < 1.29 is 19.1 Å². The van der Waals surface area contributed by atoms with Gasteiger partial charge < -0.3 is 9.47 Å². The van der Waals surface area contributed by atoms with E-state index in [1.54, 1.807) is 45.9 Å². The Kier molecular flexibility index (Phi) is 6.55. The van der Waals surface area contributed by atoms with Gasteiger partial charge in [0.25, 0.3) is 0 Å². The molecule has 1 rings (SSSR count). The SMILES string of the molecule is CC(C)OC(=O)C(=Nc1ccccc1Br)C(=O)OC(C)C. The first kappa shape index (κ1) is 17.4. The highest BCUT2D eigenvalue weighted by atomic mass is 79.9. The van der Waals surface area contributed by atoms with E-state index >= 15 is 0 Å². The Balaban J connectivity index is 3.15. The zero-order chi connectivity index (χ0) is 16.0. The maximum Gasteiger partial charge on any atom is 0.364 e. The van der Waals surface area contributed by atoms with Gasteiger partial charge in [0.2, 0.25) is 5.71 Å². The first-order chi connectivity index (χ1) is 9.81. The van der Waals surface area contributed by atoms with Gasteiger partial charge in [-0.05, 0) is 55.8 Å². The predicted molar refractivity (Wildman–Crippen MR) is 83.7 cm³/mol. The van der Waals surface area contributed by atoms with Crippen molar-refractivity contribution in [3.8, 4) is 0 Å². The highest BCUT2D eigenvalue weighted by Crippen LogP contribution is 2.24. The molecule has 0 atom stereocenters.